The highest BCUT2D eigenvalue weighted by atomic mass is 32.2. The van der Waals surface area contributed by atoms with Gasteiger partial charge < -0.3 is 4.55 Å². The number of halogens is 3. The van der Waals surface area contributed by atoms with Crippen LogP contribution in [0.15, 0.2) is 46.7 Å². The van der Waals surface area contributed by atoms with Crippen molar-refractivity contribution >= 4 is 16.9 Å². The zero-order valence-electron chi connectivity index (χ0n) is 10.6. The van der Waals surface area contributed by atoms with Gasteiger partial charge in [0.05, 0.1) is 5.57 Å². The summed E-state index contributed by atoms with van der Waals surface area (Å²) in [4.78, 5) is 0. The van der Waals surface area contributed by atoms with Crippen LogP contribution in [0.4, 0.5) is 13.2 Å². The fraction of sp³-hybridized carbons (Fsp3) is 0.308. The van der Waals surface area contributed by atoms with Gasteiger partial charge in [-0.15, -0.1) is 10.5 Å². The third kappa shape index (κ3) is 3.16. The highest BCUT2D eigenvalue weighted by Gasteiger charge is 2.43. The molecule has 20 heavy (non-hydrogen) atoms. The van der Waals surface area contributed by atoms with Crippen molar-refractivity contribution in [3.63, 3.8) is 0 Å². The molecule has 107 valence electrons. The fourth-order valence-electron chi connectivity index (χ4n) is 1.79. The van der Waals surface area contributed by atoms with Crippen molar-refractivity contribution < 1.29 is 17.7 Å². The molecule has 0 amide bonds. The summed E-state index contributed by atoms with van der Waals surface area (Å²) in [5.74, 6) is 0.0965. The van der Waals surface area contributed by atoms with E-state index >= 15 is 0 Å². The first-order chi connectivity index (χ1) is 9.43. The van der Waals surface area contributed by atoms with E-state index in [9.17, 15) is 17.7 Å². The monoisotopic (exact) mass is 301 g/mol. The van der Waals surface area contributed by atoms with Crippen LogP contribution >= 0.6 is 0 Å². The molecule has 0 aromatic heterocycles. The Balaban J connectivity index is 2.40. The highest BCUT2D eigenvalue weighted by Crippen LogP contribution is 2.32. The van der Waals surface area contributed by atoms with Crippen LogP contribution < -0.4 is 5.43 Å². The number of rotatable bonds is 4. The molecule has 7 heteroatoms. The van der Waals surface area contributed by atoms with Gasteiger partial charge in [0.25, 0.3) is 0 Å². The molecule has 0 fully saturated rings. The molecule has 0 saturated carbocycles. The molecule has 1 aromatic rings. The van der Waals surface area contributed by atoms with Crippen molar-refractivity contribution in [3.8, 4) is 0 Å². The average molecular weight is 301 g/mol. The maximum absolute atomic E-state index is 12.9. The van der Waals surface area contributed by atoms with E-state index in [1.807, 2.05) is 0 Å². The van der Waals surface area contributed by atoms with Crippen LogP contribution in [0.1, 0.15) is 12.5 Å². The second-order valence-corrected chi connectivity index (χ2v) is 5.86. The standard InChI is InChI=1S/C13H12F3N2OS/c1-2-20(19)8-10-11(9-6-4-3-5-7-9)17-18-12(10)13(14,15)16/h3-7H,2,8H2,1H3. The first kappa shape index (κ1) is 14.9. The van der Waals surface area contributed by atoms with Gasteiger partial charge in [0.15, 0.2) is 5.70 Å². The van der Waals surface area contributed by atoms with Crippen LogP contribution in [-0.4, -0.2) is 27.9 Å². The zero-order chi connectivity index (χ0) is 14.8. The van der Waals surface area contributed by atoms with Crippen LogP contribution in [0.2, 0.25) is 0 Å². The SMILES string of the molecule is CC[S+]([O-])CC1=C(C(F)(F)F)[N]N=C1c1ccccc1. The van der Waals surface area contributed by atoms with E-state index in [2.05, 4.69) is 10.5 Å². The Labute approximate surface area is 117 Å². The third-order valence-electron chi connectivity index (χ3n) is 2.76. The molecule has 1 radical (unpaired) electrons. The topological polar surface area (TPSA) is 49.5 Å². The molecule has 1 unspecified atom stereocenters. The van der Waals surface area contributed by atoms with Gasteiger partial charge in [-0.25, -0.2) is 0 Å². The van der Waals surface area contributed by atoms with E-state index < -0.39 is 23.0 Å². The molecular weight excluding hydrogens is 289 g/mol. The van der Waals surface area contributed by atoms with Crippen molar-refractivity contribution in [2.75, 3.05) is 11.5 Å². The van der Waals surface area contributed by atoms with Gasteiger partial charge >= 0.3 is 6.18 Å². The maximum Gasteiger partial charge on any atom is 0.435 e. The molecule has 1 heterocycles. The normalized spacial score (nSPS) is 16.9. The first-order valence-corrected chi connectivity index (χ1v) is 7.42. The Morgan fingerprint density at radius 2 is 1.85 bits per heavy atom. The number of allylic oxidation sites excluding steroid dienone is 1. The number of hydrogen-bond donors (Lipinski definition) is 0. The highest BCUT2D eigenvalue weighted by molar-refractivity contribution is 7.91. The largest absolute Gasteiger partial charge is 0.616 e. The Morgan fingerprint density at radius 1 is 1.20 bits per heavy atom. The lowest BCUT2D eigenvalue weighted by molar-refractivity contribution is -0.0970. The molecule has 0 bridgehead atoms. The van der Waals surface area contributed by atoms with Gasteiger partial charge in [-0.1, -0.05) is 30.3 Å². The minimum absolute atomic E-state index is 0.0936. The van der Waals surface area contributed by atoms with Gasteiger partial charge in [0.1, 0.15) is 17.2 Å². The molecule has 1 aliphatic heterocycles. The van der Waals surface area contributed by atoms with E-state index in [0.29, 0.717) is 5.56 Å². The van der Waals surface area contributed by atoms with Crippen LogP contribution in [-0.2, 0) is 11.2 Å². The van der Waals surface area contributed by atoms with Gasteiger partial charge in [0.2, 0.25) is 0 Å². The van der Waals surface area contributed by atoms with Gasteiger partial charge in [-0.05, 0) is 18.1 Å². The summed E-state index contributed by atoms with van der Waals surface area (Å²) >= 11 is -1.37. The zero-order valence-corrected chi connectivity index (χ0v) is 11.5. The Hall–Kier alpha value is -1.47. The summed E-state index contributed by atoms with van der Waals surface area (Å²) in [5, 5.41) is 3.64. The molecule has 0 aliphatic carbocycles. The van der Waals surface area contributed by atoms with Crippen LogP contribution in [0.5, 0.6) is 0 Å². The second-order valence-electron chi connectivity index (χ2n) is 4.11. The number of benzene rings is 1. The second kappa shape index (κ2) is 5.88. The molecule has 0 spiro atoms. The summed E-state index contributed by atoms with van der Waals surface area (Å²) in [5.41, 5.74) is 2.80. The third-order valence-corrected chi connectivity index (χ3v) is 4.02. The number of nitrogens with zero attached hydrogens (tertiary/aromatic N) is 2. The number of hydrogen-bond acceptors (Lipinski definition) is 2. The van der Waals surface area contributed by atoms with E-state index in [1.165, 1.54) is 0 Å². The van der Waals surface area contributed by atoms with E-state index in [1.54, 1.807) is 37.3 Å². The van der Waals surface area contributed by atoms with E-state index in [0.717, 1.165) is 0 Å². The minimum Gasteiger partial charge on any atom is -0.616 e. The van der Waals surface area contributed by atoms with Crippen LogP contribution in [0, 0.1) is 0 Å². The fourth-order valence-corrected chi connectivity index (χ4v) is 2.59. The van der Waals surface area contributed by atoms with Crippen molar-refractivity contribution in [1.29, 1.82) is 0 Å². The van der Waals surface area contributed by atoms with Crippen molar-refractivity contribution in [2.24, 2.45) is 5.10 Å². The summed E-state index contributed by atoms with van der Waals surface area (Å²) in [7, 11) is 0. The first-order valence-electron chi connectivity index (χ1n) is 5.93. The molecule has 1 aromatic carbocycles. The quantitative estimate of drug-likeness (QED) is 0.789. The van der Waals surface area contributed by atoms with Gasteiger partial charge in [0, 0.05) is 5.56 Å². The Bertz CT molecular complexity index is 540. The molecule has 1 aliphatic rings. The lowest BCUT2D eigenvalue weighted by Crippen LogP contribution is -2.23. The Kier molecular flexibility index (Phi) is 4.39. The van der Waals surface area contributed by atoms with Crippen molar-refractivity contribution in [3.05, 3.63) is 47.2 Å². The predicted octanol–water partition coefficient (Wildman–Crippen LogP) is 2.59. The molecule has 1 atom stereocenters. The van der Waals surface area contributed by atoms with Gasteiger partial charge in [-0.3, -0.25) is 0 Å². The van der Waals surface area contributed by atoms with Crippen molar-refractivity contribution in [1.82, 2.24) is 5.43 Å². The average Bonchev–Trinajstić information content (AvgIpc) is 2.83. The number of alkyl halides is 3. The van der Waals surface area contributed by atoms with Crippen molar-refractivity contribution in [2.45, 2.75) is 13.1 Å². The van der Waals surface area contributed by atoms with E-state index in [-0.39, 0.29) is 22.8 Å². The summed E-state index contributed by atoms with van der Waals surface area (Å²) in [6.45, 7) is 1.66. The molecule has 3 nitrogen and oxygen atoms in total. The molecule has 0 N–H and O–H groups in total. The smallest absolute Gasteiger partial charge is 0.435 e. The summed E-state index contributed by atoms with van der Waals surface area (Å²) < 4.78 is 50.4. The van der Waals surface area contributed by atoms with Crippen LogP contribution in [0.25, 0.3) is 0 Å². The molecule has 2 rings (SSSR count). The lowest BCUT2D eigenvalue weighted by atomic mass is 10.0. The van der Waals surface area contributed by atoms with Crippen LogP contribution in [0.3, 0.4) is 0 Å². The van der Waals surface area contributed by atoms with Gasteiger partial charge in [-0.2, -0.15) is 13.2 Å². The molecular formula is C13H12F3N2OS. The predicted molar refractivity (Wildman–Crippen MR) is 71.7 cm³/mol. The minimum atomic E-state index is -4.59. The Morgan fingerprint density at radius 3 is 2.40 bits per heavy atom. The summed E-state index contributed by atoms with van der Waals surface area (Å²) in [6, 6.07) is 8.48. The molecule has 0 saturated heterocycles. The lowest BCUT2D eigenvalue weighted by Gasteiger charge is -2.13. The summed E-state index contributed by atoms with van der Waals surface area (Å²) in [6.07, 6.45) is -4.59. The maximum atomic E-state index is 12.9. The van der Waals surface area contributed by atoms with E-state index in [4.69, 9.17) is 0 Å².